The minimum atomic E-state index is -0.244. The molecule has 0 fully saturated rings. The number of nitrogens with zero attached hydrogens (tertiary/aromatic N) is 4. The number of rotatable bonds is 4. The van der Waals surface area contributed by atoms with Gasteiger partial charge in [-0.15, -0.1) is 0 Å². The van der Waals surface area contributed by atoms with E-state index in [1.165, 1.54) is 0 Å². The van der Waals surface area contributed by atoms with Crippen molar-refractivity contribution in [3.8, 4) is 17.1 Å². The highest BCUT2D eigenvalue weighted by molar-refractivity contribution is 6.31. The number of nitrogens with one attached hydrogen (secondary N) is 1. The summed E-state index contributed by atoms with van der Waals surface area (Å²) in [5.74, 6) is 0.760. The third-order valence-corrected chi connectivity index (χ3v) is 5.07. The molecule has 152 valence electrons. The molecule has 30 heavy (non-hydrogen) atoms. The molecule has 2 heterocycles. The first-order valence-corrected chi connectivity index (χ1v) is 9.75. The molecule has 4 rings (SSSR count). The SMILES string of the molecule is Cc1nc(-c2ccc(C)c(-n3cc(C(=O)Nc4cc(Cl)ccc4C)c(C)n3)c2)no1. The zero-order chi connectivity index (χ0) is 21.4. The van der Waals surface area contributed by atoms with E-state index in [0.717, 1.165) is 22.4 Å². The second-order valence-corrected chi connectivity index (χ2v) is 7.56. The number of hydrogen-bond acceptors (Lipinski definition) is 5. The van der Waals surface area contributed by atoms with Gasteiger partial charge in [-0.1, -0.05) is 35.0 Å². The van der Waals surface area contributed by atoms with Crippen LogP contribution >= 0.6 is 11.6 Å². The molecule has 4 aromatic rings. The first-order valence-electron chi connectivity index (χ1n) is 9.37. The Hall–Kier alpha value is -3.45. The summed E-state index contributed by atoms with van der Waals surface area (Å²) in [6.07, 6.45) is 1.72. The summed E-state index contributed by atoms with van der Waals surface area (Å²) in [4.78, 5) is 17.2. The van der Waals surface area contributed by atoms with Gasteiger partial charge in [0.05, 0.1) is 16.9 Å². The Morgan fingerprint density at radius 1 is 1.07 bits per heavy atom. The van der Waals surface area contributed by atoms with Crippen LogP contribution in [0.15, 0.2) is 47.1 Å². The van der Waals surface area contributed by atoms with E-state index in [-0.39, 0.29) is 5.91 Å². The van der Waals surface area contributed by atoms with E-state index in [9.17, 15) is 4.79 Å². The van der Waals surface area contributed by atoms with Crippen molar-refractivity contribution >= 4 is 23.2 Å². The van der Waals surface area contributed by atoms with Gasteiger partial charge < -0.3 is 9.84 Å². The summed E-state index contributed by atoms with van der Waals surface area (Å²) >= 11 is 6.06. The van der Waals surface area contributed by atoms with Crippen LogP contribution in [0, 0.1) is 27.7 Å². The number of hydrogen-bond donors (Lipinski definition) is 1. The normalized spacial score (nSPS) is 11.0. The fourth-order valence-corrected chi connectivity index (χ4v) is 3.31. The minimum Gasteiger partial charge on any atom is -0.339 e. The molecule has 0 saturated carbocycles. The second kappa shape index (κ2) is 7.76. The minimum absolute atomic E-state index is 0.244. The first-order chi connectivity index (χ1) is 14.3. The maximum Gasteiger partial charge on any atom is 0.259 e. The van der Waals surface area contributed by atoms with Gasteiger partial charge in [-0.3, -0.25) is 4.79 Å². The molecule has 0 saturated heterocycles. The maximum atomic E-state index is 12.9. The smallest absolute Gasteiger partial charge is 0.259 e. The third kappa shape index (κ3) is 3.84. The van der Waals surface area contributed by atoms with Crippen LogP contribution in [-0.4, -0.2) is 25.8 Å². The lowest BCUT2D eigenvalue weighted by Crippen LogP contribution is -2.13. The number of aromatic nitrogens is 4. The van der Waals surface area contributed by atoms with Crippen LogP contribution in [0.3, 0.4) is 0 Å². The highest BCUT2D eigenvalue weighted by atomic mass is 35.5. The third-order valence-electron chi connectivity index (χ3n) is 4.83. The Kier molecular flexibility index (Phi) is 5.13. The molecular formula is C22H20ClN5O2. The van der Waals surface area contributed by atoms with Crippen LogP contribution < -0.4 is 5.32 Å². The monoisotopic (exact) mass is 421 g/mol. The highest BCUT2D eigenvalue weighted by Crippen LogP contribution is 2.25. The molecule has 0 bridgehead atoms. The number of carbonyl (C=O) groups is 1. The number of halogens is 1. The lowest BCUT2D eigenvalue weighted by Gasteiger charge is -2.08. The molecular weight excluding hydrogens is 402 g/mol. The quantitative estimate of drug-likeness (QED) is 0.497. The topological polar surface area (TPSA) is 85.8 Å². The molecule has 0 radical (unpaired) electrons. The molecule has 0 atom stereocenters. The van der Waals surface area contributed by atoms with Gasteiger partial charge in [0.15, 0.2) is 0 Å². The largest absolute Gasteiger partial charge is 0.339 e. The van der Waals surface area contributed by atoms with E-state index in [1.54, 1.807) is 36.9 Å². The summed E-state index contributed by atoms with van der Waals surface area (Å²) in [6, 6.07) is 11.2. The molecule has 1 amide bonds. The van der Waals surface area contributed by atoms with Crippen LogP contribution in [0.4, 0.5) is 5.69 Å². The summed E-state index contributed by atoms with van der Waals surface area (Å²) in [5, 5.41) is 12.0. The van der Waals surface area contributed by atoms with Gasteiger partial charge in [0.25, 0.3) is 5.91 Å². The molecule has 0 aliphatic carbocycles. The fraction of sp³-hybridized carbons (Fsp3) is 0.182. The Morgan fingerprint density at radius 2 is 1.83 bits per heavy atom. The van der Waals surface area contributed by atoms with Crippen molar-refractivity contribution in [1.82, 2.24) is 19.9 Å². The molecule has 8 heteroatoms. The van der Waals surface area contributed by atoms with E-state index < -0.39 is 0 Å². The van der Waals surface area contributed by atoms with Gasteiger partial charge in [0.2, 0.25) is 11.7 Å². The standard InChI is InChI=1S/C22H20ClN5O2/c1-12-6-8-17(23)10-19(12)25-22(29)18-11-28(26-14(18)3)20-9-16(7-5-13(20)2)21-24-15(4)30-27-21/h5-11H,1-4H3,(H,25,29). The molecule has 2 aromatic heterocycles. The van der Waals surface area contributed by atoms with Gasteiger partial charge in [0, 0.05) is 29.4 Å². The second-order valence-electron chi connectivity index (χ2n) is 7.12. The number of carbonyl (C=O) groups excluding carboxylic acids is 1. The Balaban J connectivity index is 1.67. The maximum absolute atomic E-state index is 12.9. The predicted octanol–water partition coefficient (Wildman–Crippen LogP) is 5.06. The van der Waals surface area contributed by atoms with Crippen molar-refractivity contribution in [2.45, 2.75) is 27.7 Å². The summed E-state index contributed by atoms with van der Waals surface area (Å²) in [5.41, 5.74) is 5.33. The van der Waals surface area contributed by atoms with Crippen LogP contribution in [0.5, 0.6) is 0 Å². The molecule has 7 nitrogen and oxygen atoms in total. The number of benzene rings is 2. The van der Waals surface area contributed by atoms with Crippen molar-refractivity contribution in [3.63, 3.8) is 0 Å². The summed E-state index contributed by atoms with van der Waals surface area (Å²) in [6.45, 7) is 7.44. The predicted molar refractivity (Wildman–Crippen MR) is 115 cm³/mol. The number of anilines is 1. The first kappa shape index (κ1) is 19.8. The average molecular weight is 422 g/mol. The molecule has 0 aliphatic heterocycles. The average Bonchev–Trinajstić information content (AvgIpc) is 3.31. The van der Waals surface area contributed by atoms with Crippen LogP contribution in [0.1, 0.15) is 33.1 Å². The lowest BCUT2D eigenvalue weighted by atomic mass is 10.1. The van der Waals surface area contributed by atoms with E-state index in [2.05, 4.69) is 20.6 Å². The number of aryl methyl sites for hydroxylation is 4. The fourth-order valence-electron chi connectivity index (χ4n) is 3.14. The highest BCUT2D eigenvalue weighted by Gasteiger charge is 2.17. The van der Waals surface area contributed by atoms with Crippen molar-refractivity contribution in [2.24, 2.45) is 0 Å². The molecule has 0 unspecified atom stereocenters. The molecule has 2 aromatic carbocycles. The zero-order valence-electron chi connectivity index (χ0n) is 17.0. The summed E-state index contributed by atoms with van der Waals surface area (Å²) in [7, 11) is 0. The van der Waals surface area contributed by atoms with Crippen molar-refractivity contribution in [3.05, 3.63) is 75.9 Å². The lowest BCUT2D eigenvalue weighted by molar-refractivity contribution is 0.102. The van der Waals surface area contributed by atoms with E-state index in [1.807, 2.05) is 38.1 Å². The van der Waals surface area contributed by atoms with E-state index >= 15 is 0 Å². The molecule has 0 spiro atoms. The van der Waals surface area contributed by atoms with Gasteiger partial charge in [-0.2, -0.15) is 10.1 Å². The van der Waals surface area contributed by atoms with E-state index in [0.29, 0.717) is 33.7 Å². The van der Waals surface area contributed by atoms with Crippen LogP contribution in [0.2, 0.25) is 5.02 Å². The summed E-state index contributed by atoms with van der Waals surface area (Å²) < 4.78 is 6.77. The zero-order valence-corrected chi connectivity index (χ0v) is 17.8. The Labute approximate surface area is 178 Å². The van der Waals surface area contributed by atoms with Crippen molar-refractivity contribution in [1.29, 1.82) is 0 Å². The van der Waals surface area contributed by atoms with Crippen molar-refractivity contribution < 1.29 is 9.32 Å². The Morgan fingerprint density at radius 3 is 2.57 bits per heavy atom. The molecule has 0 aliphatic rings. The van der Waals surface area contributed by atoms with Gasteiger partial charge in [-0.05, 0) is 50.1 Å². The van der Waals surface area contributed by atoms with Gasteiger partial charge >= 0.3 is 0 Å². The van der Waals surface area contributed by atoms with E-state index in [4.69, 9.17) is 16.1 Å². The Bertz CT molecular complexity index is 1260. The van der Waals surface area contributed by atoms with Crippen LogP contribution in [-0.2, 0) is 0 Å². The van der Waals surface area contributed by atoms with Gasteiger partial charge in [0.1, 0.15) is 0 Å². The van der Waals surface area contributed by atoms with Crippen LogP contribution in [0.25, 0.3) is 17.1 Å². The number of amides is 1. The van der Waals surface area contributed by atoms with Gasteiger partial charge in [-0.25, -0.2) is 4.68 Å². The molecule has 1 N–H and O–H groups in total. The van der Waals surface area contributed by atoms with Crippen molar-refractivity contribution in [2.75, 3.05) is 5.32 Å².